The Hall–Kier alpha value is -2.15. The maximum Gasteiger partial charge on any atom is 0.254 e. The van der Waals surface area contributed by atoms with Gasteiger partial charge in [-0.1, -0.05) is 11.8 Å². The summed E-state index contributed by atoms with van der Waals surface area (Å²) in [5, 5.41) is 3.55. The Morgan fingerprint density at radius 1 is 1.33 bits per heavy atom. The number of hydrogen-bond acceptors (Lipinski definition) is 5. The Morgan fingerprint density at radius 2 is 2.14 bits per heavy atom. The molecule has 0 radical (unpaired) electrons. The van der Waals surface area contributed by atoms with Crippen LogP contribution in [0.5, 0.6) is 0 Å². The van der Waals surface area contributed by atoms with Gasteiger partial charge in [-0.15, -0.1) is 0 Å². The summed E-state index contributed by atoms with van der Waals surface area (Å²) >= 11 is 1.51. The highest BCUT2D eigenvalue weighted by Crippen LogP contribution is 2.31. The van der Waals surface area contributed by atoms with Gasteiger partial charge in [-0.2, -0.15) is 0 Å². The molecular formula is C14H14N4O2S. The van der Waals surface area contributed by atoms with Crippen molar-refractivity contribution < 1.29 is 4.79 Å². The highest BCUT2D eigenvalue weighted by atomic mass is 32.2. The first-order valence-electron chi connectivity index (χ1n) is 6.60. The van der Waals surface area contributed by atoms with Crippen LogP contribution in [-0.2, 0) is 11.3 Å². The molecule has 0 saturated heterocycles. The van der Waals surface area contributed by atoms with E-state index in [-0.39, 0.29) is 23.9 Å². The number of nitrogens with zero attached hydrogens (tertiary/aromatic N) is 3. The summed E-state index contributed by atoms with van der Waals surface area (Å²) in [6.45, 7) is 0.468. The second-order valence-corrected chi connectivity index (χ2v) is 5.72. The predicted molar refractivity (Wildman–Crippen MR) is 79.0 cm³/mol. The molecule has 7 heteroatoms. The van der Waals surface area contributed by atoms with Crippen LogP contribution < -0.4 is 10.9 Å². The van der Waals surface area contributed by atoms with Crippen molar-refractivity contribution >= 4 is 17.7 Å². The molecule has 1 atom stereocenters. The van der Waals surface area contributed by atoms with Crippen LogP contribution in [-0.4, -0.2) is 26.2 Å². The fourth-order valence-corrected chi connectivity index (χ4v) is 3.35. The van der Waals surface area contributed by atoms with E-state index in [2.05, 4.69) is 15.3 Å². The first-order valence-corrected chi connectivity index (χ1v) is 7.58. The predicted octanol–water partition coefficient (Wildman–Crippen LogP) is 0.992. The van der Waals surface area contributed by atoms with E-state index in [1.54, 1.807) is 17.0 Å². The average molecular weight is 302 g/mol. The summed E-state index contributed by atoms with van der Waals surface area (Å²) in [5.74, 6) is 0.635. The van der Waals surface area contributed by atoms with Crippen molar-refractivity contribution in [3.63, 3.8) is 0 Å². The zero-order valence-corrected chi connectivity index (χ0v) is 12.0. The van der Waals surface area contributed by atoms with Crippen molar-refractivity contribution in [3.05, 3.63) is 52.7 Å². The molecule has 0 bridgehead atoms. The zero-order valence-electron chi connectivity index (χ0n) is 11.2. The lowest BCUT2D eigenvalue weighted by molar-refractivity contribution is -0.121. The third kappa shape index (κ3) is 3.13. The number of pyridine rings is 1. The van der Waals surface area contributed by atoms with Crippen molar-refractivity contribution in [1.82, 2.24) is 19.9 Å². The van der Waals surface area contributed by atoms with Crippen molar-refractivity contribution in [3.8, 4) is 0 Å². The molecule has 0 unspecified atom stereocenters. The largest absolute Gasteiger partial charge is 0.352 e. The molecule has 21 heavy (non-hydrogen) atoms. The Balaban J connectivity index is 1.61. The van der Waals surface area contributed by atoms with Gasteiger partial charge in [0.15, 0.2) is 5.16 Å². The number of amides is 1. The van der Waals surface area contributed by atoms with Gasteiger partial charge in [-0.05, 0) is 17.7 Å². The van der Waals surface area contributed by atoms with Crippen LogP contribution in [0.1, 0.15) is 18.0 Å². The van der Waals surface area contributed by atoms with Crippen molar-refractivity contribution in [2.75, 3.05) is 5.75 Å². The lowest BCUT2D eigenvalue weighted by Crippen LogP contribution is -2.30. The number of carbonyl (C=O) groups excluding carboxylic acids is 1. The van der Waals surface area contributed by atoms with E-state index in [0.717, 1.165) is 5.56 Å². The maximum atomic E-state index is 12.0. The molecule has 6 nitrogen and oxygen atoms in total. The number of carbonyl (C=O) groups is 1. The molecule has 1 aliphatic heterocycles. The van der Waals surface area contributed by atoms with Crippen LogP contribution in [0.4, 0.5) is 0 Å². The summed E-state index contributed by atoms with van der Waals surface area (Å²) in [7, 11) is 0. The van der Waals surface area contributed by atoms with Crippen LogP contribution in [0.25, 0.3) is 0 Å². The lowest BCUT2D eigenvalue weighted by atomic mass is 10.2. The number of hydrogen-bond donors (Lipinski definition) is 1. The van der Waals surface area contributed by atoms with E-state index in [1.807, 2.05) is 12.1 Å². The number of fused-ring (bicyclic) bond motifs is 1. The molecule has 0 spiro atoms. The smallest absolute Gasteiger partial charge is 0.254 e. The molecular weight excluding hydrogens is 288 g/mol. The van der Waals surface area contributed by atoms with E-state index in [4.69, 9.17) is 0 Å². The Morgan fingerprint density at radius 3 is 2.95 bits per heavy atom. The molecule has 0 aromatic carbocycles. The van der Waals surface area contributed by atoms with Crippen molar-refractivity contribution in [2.24, 2.45) is 0 Å². The van der Waals surface area contributed by atoms with Gasteiger partial charge in [0, 0.05) is 43.4 Å². The summed E-state index contributed by atoms with van der Waals surface area (Å²) in [4.78, 5) is 32.0. The summed E-state index contributed by atoms with van der Waals surface area (Å²) in [6.07, 6.45) is 5.18. The summed E-state index contributed by atoms with van der Waals surface area (Å²) in [5.41, 5.74) is 0.898. The summed E-state index contributed by atoms with van der Waals surface area (Å²) in [6, 6.07) is 5.02. The molecule has 1 N–H and O–H groups in total. The second kappa shape index (κ2) is 6.09. The summed E-state index contributed by atoms with van der Waals surface area (Å²) < 4.78 is 1.61. The highest BCUT2D eigenvalue weighted by molar-refractivity contribution is 7.99. The monoisotopic (exact) mass is 302 g/mol. The normalized spacial score (nSPS) is 16.5. The van der Waals surface area contributed by atoms with Gasteiger partial charge < -0.3 is 5.32 Å². The second-order valence-electron chi connectivity index (χ2n) is 4.74. The lowest BCUT2D eigenvalue weighted by Gasteiger charge is -2.12. The minimum Gasteiger partial charge on any atom is -0.352 e. The molecule has 3 heterocycles. The van der Waals surface area contributed by atoms with Gasteiger partial charge in [-0.3, -0.25) is 19.1 Å². The minimum absolute atomic E-state index is 0.0685. The van der Waals surface area contributed by atoms with E-state index in [9.17, 15) is 9.59 Å². The van der Waals surface area contributed by atoms with E-state index >= 15 is 0 Å². The van der Waals surface area contributed by atoms with Crippen molar-refractivity contribution in [2.45, 2.75) is 24.2 Å². The number of rotatable bonds is 4. The van der Waals surface area contributed by atoms with Crippen LogP contribution in [0.15, 0.2) is 46.7 Å². The molecule has 0 aliphatic carbocycles. The zero-order chi connectivity index (χ0) is 14.7. The first-order chi connectivity index (χ1) is 10.2. The van der Waals surface area contributed by atoms with Gasteiger partial charge in [0.05, 0.1) is 6.04 Å². The van der Waals surface area contributed by atoms with E-state index < -0.39 is 0 Å². The number of nitrogens with one attached hydrogen (secondary N) is 1. The van der Waals surface area contributed by atoms with Gasteiger partial charge in [0.2, 0.25) is 5.91 Å². The SMILES string of the molecule is O=C(C[C@H]1CSc2nccc(=O)n21)NCc1ccncc1. The molecule has 2 aromatic rings. The molecule has 0 fully saturated rings. The molecule has 108 valence electrons. The maximum absolute atomic E-state index is 12.0. The number of thioether (sulfide) groups is 1. The first kappa shape index (κ1) is 13.8. The van der Waals surface area contributed by atoms with Crippen LogP contribution in [0, 0.1) is 0 Å². The van der Waals surface area contributed by atoms with Gasteiger partial charge in [0.1, 0.15) is 0 Å². The van der Waals surface area contributed by atoms with Gasteiger partial charge in [-0.25, -0.2) is 4.98 Å². The average Bonchev–Trinajstić information content (AvgIpc) is 2.91. The van der Waals surface area contributed by atoms with Crippen LogP contribution in [0.3, 0.4) is 0 Å². The van der Waals surface area contributed by atoms with Crippen molar-refractivity contribution in [1.29, 1.82) is 0 Å². The quantitative estimate of drug-likeness (QED) is 0.852. The van der Waals surface area contributed by atoms with Crippen LogP contribution >= 0.6 is 11.8 Å². The van der Waals surface area contributed by atoms with E-state index in [1.165, 1.54) is 24.0 Å². The Labute approximate surface area is 125 Å². The molecule has 2 aromatic heterocycles. The molecule has 1 aliphatic rings. The minimum atomic E-state index is -0.122. The third-order valence-electron chi connectivity index (χ3n) is 3.28. The number of aromatic nitrogens is 3. The van der Waals surface area contributed by atoms with Crippen LogP contribution in [0.2, 0.25) is 0 Å². The molecule has 0 saturated carbocycles. The fourth-order valence-electron chi connectivity index (χ4n) is 2.23. The Bertz CT molecular complexity index is 702. The Kier molecular flexibility index (Phi) is 4.01. The topological polar surface area (TPSA) is 76.9 Å². The molecule has 3 rings (SSSR count). The molecule has 1 amide bonds. The van der Waals surface area contributed by atoms with Gasteiger partial charge >= 0.3 is 0 Å². The standard InChI is InChI=1S/C14H14N4O2S/c19-12(17-8-10-1-4-15-5-2-10)7-11-9-21-14-16-6-3-13(20)18(11)14/h1-6,11H,7-9H2,(H,17,19)/t11-/m0/s1. The highest BCUT2D eigenvalue weighted by Gasteiger charge is 2.26. The van der Waals surface area contributed by atoms with E-state index in [0.29, 0.717) is 17.5 Å². The van der Waals surface area contributed by atoms with Gasteiger partial charge in [0.25, 0.3) is 5.56 Å². The third-order valence-corrected chi connectivity index (χ3v) is 4.39. The fraction of sp³-hybridized carbons (Fsp3) is 0.286.